The molecular weight excluding hydrogens is 226 g/mol. The van der Waals surface area contributed by atoms with Gasteiger partial charge in [0.25, 0.3) is 0 Å². The lowest BCUT2D eigenvalue weighted by Gasteiger charge is -2.18. The van der Waals surface area contributed by atoms with Gasteiger partial charge in [-0.25, -0.2) is 0 Å². The van der Waals surface area contributed by atoms with E-state index in [-0.39, 0.29) is 12.2 Å². The number of fused-ring (bicyclic) bond motifs is 1. The van der Waals surface area contributed by atoms with Gasteiger partial charge in [-0.3, -0.25) is 0 Å². The van der Waals surface area contributed by atoms with Crippen LogP contribution >= 0.6 is 11.6 Å². The number of aryl methyl sites for hydroxylation is 1. The number of nitrogens with two attached hydrogens (primary N) is 1. The Balaban J connectivity index is 2.19. The standard InChI is InChI=1S/C12H14ClNO2/c1-7-4-8-11(16-6-15-8)10(13)9(7)12(5-14)2-3-12/h4H,2-3,5-6,14H2,1H3. The molecule has 1 aliphatic heterocycles. The van der Waals surface area contributed by atoms with Gasteiger partial charge in [-0.15, -0.1) is 0 Å². The summed E-state index contributed by atoms with van der Waals surface area (Å²) in [4.78, 5) is 0. The molecule has 86 valence electrons. The molecule has 0 amide bonds. The van der Waals surface area contributed by atoms with Gasteiger partial charge < -0.3 is 15.2 Å². The molecule has 0 spiro atoms. The fourth-order valence-corrected chi connectivity index (χ4v) is 2.98. The van der Waals surface area contributed by atoms with Crippen LogP contribution < -0.4 is 15.2 Å². The minimum atomic E-state index is 0.0855. The molecule has 16 heavy (non-hydrogen) atoms. The van der Waals surface area contributed by atoms with Crippen molar-refractivity contribution in [2.24, 2.45) is 5.73 Å². The van der Waals surface area contributed by atoms with Crippen molar-refractivity contribution >= 4 is 11.6 Å². The van der Waals surface area contributed by atoms with Crippen LogP contribution in [0.2, 0.25) is 5.02 Å². The van der Waals surface area contributed by atoms with Gasteiger partial charge in [-0.2, -0.15) is 0 Å². The summed E-state index contributed by atoms with van der Waals surface area (Å²) in [6.45, 7) is 2.96. The minimum absolute atomic E-state index is 0.0855. The Morgan fingerprint density at radius 2 is 2.19 bits per heavy atom. The molecule has 1 heterocycles. The Kier molecular flexibility index (Phi) is 2.10. The molecule has 1 saturated carbocycles. The van der Waals surface area contributed by atoms with Crippen molar-refractivity contribution < 1.29 is 9.47 Å². The highest BCUT2D eigenvalue weighted by atomic mass is 35.5. The highest BCUT2D eigenvalue weighted by Crippen LogP contribution is 2.55. The second kappa shape index (κ2) is 3.28. The van der Waals surface area contributed by atoms with E-state index in [0.29, 0.717) is 17.3 Å². The van der Waals surface area contributed by atoms with Gasteiger partial charge in [0.2, 0.25) is 6.79 Å². The quantitative estimate of drug-likeness (QED) is 0.862. The van der Waals surface area contributed by atoms with Crippen molar-refractivity contribution in [3.05, 3.63) is 22.2 Å². The summed E-state index contributed by atoms with van der Waals surface area (Å²) in [5.74, 6) is 1.43. The van der Waals surface area contributed by atoms with Gasteiger partial charge in [0.15, 0.2) is 11.5 Å². The van der Waals surface area contributed by atoms with Gasteiger partial charge in [0.05, 0.1) is 5.02 Å². The summed E-state index contributed by atoms with van der Waals surface area (Å²) in [6, 6.07) is 2.00. The van der Waals surface area contributed by atoms with Crippen LogP contribution in [0.4, 0.5) is 0 Å². The number of hydrogen-bond donors (Lipinski definition) is 1. The monoisotopic (exact) mass is 239 g/mol. The van der Waals surface area contributed by atoms with E-state index in [4.69, 9.17) is 26.8 Å². The Bertz CT molecular complexity index is 455. The molecule has 2 N–H and O–H groups in total. The first-order valence-corrected chi connectivity index (χ1v) is 5.85. The maximum atomic E-state index is 6.40. The summed E-state index contributed by atoms with van der Waals surface area (Å²) in [6.07, 6.45) is 2.23. The van der Waals surface area contributed by atoms with Crippen molar-refractivity contribution in [3.63, 3.8) is 0 Å². The first-order valence-electron chi connectivity index (χ1n) is 5.47. The first kappa shape index (κ1) is 10.2. The highest BCUT2D eigenvalue weighted by Gasteiger charge is 2.46. The van der Waals surface area contributed by atoms with Crippen molar-refractivity contribution in [1.82, 2.24) is 0 Å². The molecular formula is C12H14ClNO2. The van der Waals surface area contributed by atoms with Crippen LogP contribution in [0.25, 0.3) is 0 Å². The number of rotatable bonds is 2. The zero-order valence-corrected chi connectivity index (χ0v) is 9.93. The van der Waals surface area contributed by atoms with Crippen LogP contribution in [0.3, 0.4) is 0 Å². The van der Waals surface area contributed by atoms with E-state index in [1.165, 1.54) is 0 Å². The molecule has 4 heteroatoms. The highest BCUT2D eigenvalue weighted by molar-refractivity contribution is 6.33. The third-order valence-corrected chi connectivity index (χ3v) is 3.94. The van der Waals surface area contributed by atoms with E-state index in [0.717, 1.165) is 29.7 Å². The average Bonchev–Trinajstić information content (AvgIpc) is 2.89. The maximum Gasteiger partial charge on any atom is 0.231 e. The first-order chi connectivity index (χ1) is 7.68. The maximum absolute atomic E-state index is 6.40. The molecule has 0 saturated heterocycles. The minimum Gasteiger partial charge on any atom is -0.454 e. The van der Waals surface area contributed by atoms with Crippen molar-refractivity contribution in [3.8, 4) is 11.5 Å². The predicted molar refractivity (Wildman–Crippen MR) is 62.3 cm³/mol. The average molecular weight is 240 g/mol. The molecule has 1 aromatic rings. The van der Waals surface area contributed by atoms with E-state index in [9.17, 15) is 0 Å². The lowest BCUT2D eigenvalue weighted by Crippen LogP contribution is -2.21. The van der Waals surface area contributed by atoms with E-state index in [1.54, 1.807) is 0 Å². The fourth-order valence-electron chi connectivity index (χ4n) is 2.48. The third kappa shape index (κ3) is 1.25. The predicted octanol–water partition coefficient (Wildman–Crippen LogP) is 2.37. The van der Waals surface area contributed by atoms with Gasteiger partial charge in [-0.05, 0) is 37.0 Å². The molecule has 0 aromatic heterocycles. The van der Waals surface area contributed by atoms with Crippen LogP contribution in [-0.2, 0) is 5.41 Å². The lowest BCUT2D eigenvalue weighted by molar-refractivity contribution is 0.174. The zero-order valence-electron chi connectivity index (χ0n) is 9.18. The zero-order chi connectivity index (χ0) is 11.3. The van der Waals surface area contributed by atoms with E-state index < -0.39 is 0 Å². The molecule has 0 unspecified atom stereocenters. The van der Waals surface area contributed by atoms with Crippen LogP contribution in [0, 0.1) is 6.92 Å². The molecule has 3 rings (SSSR count). The Morgan fingerprint density at radius 3 is 2.81 bits per heavy atom. The number of halogens is 1. The number of benzene rings is 1. The van der Waals surface area contributed by atoms with E-state index in [2.05, 4.69) is 6.92 Å². The summed E-state index contributed by atoms with van der Waals surface area (Å²) < 4.78 is 10.7. The van der Waals surface area contributed by atoms with Gasteiger partial charge in [0, 0.05) is 12.0 Å². The van der Waals surface area contributed by atoms with Crippen LogP contribution in [0.1, 0.15) is 24.0 Å². The molecule has 0 radical (unpaired) electrons. The Morgan fingerprint density at radius 1 is 1.44 bits per heavy atom. The van der Waals surface area contributed by atoms with Crippen molar-refractivity contribution in [2.75, 3.05) is 13.3 Å². The molecule has 1 fully saturated rings. The number of ether oxygens (including phenoxy) is 2. The van der Waals surface area contributed by atoms with Gasteiger partial charge in [-0.1, -0.05) is 11.6 Å². The Hall–Kier alpha value is -0.930. The summed E-state index contributed by atoms with van der Waals surface area (Å²) in [7, 11) is 0. The van der Waals surface area contributed by atoms with E-state index in [1.807, 2.05) is 6.07 Å². The molecule has 3 nitrogen and oxygen atoms in total. The van der Waals surface area contributed by atoms with Crippen molar-refractivity contribution in [1.29, 1.82) is 0 Å². The molecule has 2 aliphatic rings. The number of hydrogen-bond acceptors (Lipinski definition) is 3. The van der Waals surface area contributed by atoms with Gasteiger partial charge in [0.1, 0.15) is 0 Å². The second-order valence-corrected chi connectivity index (χ2v) is 4.98. The summed E-state index contributed by atoms with van der Waals surface area (Å²) >= 11 is 6.40. The topological polar surface area (TPSA) is 44.5 Å². The van der Waals surface area contributed by atoms with Crippen LogP contribution in [0.5, 0.6) is 11.5 Å². The van der Waals surface area contributed by atoms with Gasteiger partial charge >= 0.3 is 0 Å². The SMILES string of the molecule is Cc1cc2c(c(Cl)c1C1(CN)CC1)OCO2. The second-order valence-electron chi connectivity index (χ2n) is 4.60. The lowest BCUT2D eigenvalue weighted by atomic mass is 9.91. The Labute approximate surface area is 99.5 Å². The molecule has 1 aliphatic carbocycles. The summed E-state index contributed by atoms with van der Waals surface area (Å²) in [5, 5.41) is 0.690. The normalized spacial score (nSPS) is 19.9. The summed E-state index contributed by atoms with van der Waals surface area (Å²) in [5.41, 5.74) is 8.24. The molecule has 1 aromatic carbocycles. The van der Waals surface area contributed by atoms with Crippen LogP contribution in [-0.4, -0.2) is 13.3 Å². The molecule has 0 bridgehead atoms. The smallest absolute Gasteiger partial charge is 0.231 e. The molecule has 0 atom stereocenters. The van der Waals surface area contributed by atoms with Crippen molar-refractivity contribution in [2.45, 2.75) is 25.2 Å². The van der Waals surface area contributed by atoms with E-state index >= 15 is 0 Å². The fraction of sp³-hybridized carbons (Fsp3) is 0.500. The third-order valence-electron chi connectivity index (χ3n) is 3.58. The largest absolute Gasteiger partial charge is 0.454 e. The van der Waals surface area contributed by atoms with Crippen LogP contribution in [0.15, 0.2) is 6.07 Å².